The van der Waals surface area contributed by atoms with Gasteiger partial charge in [0.25, 0.3) is 5.91 Å². The van der Waals surface area contributed by atoms with E-state index in [4.69, 9.17) is 10.5 Å². The van der Waals surface area contributed by atoms with Gasteiger partial charge in [-0.15, -0.1) is 0 Å². The number of nitrogens with two attached hydrogens (primary N) is 1. The maximum absolute atomic E-state index is 13.1. The summed E-state index contributed by atoms with van der Waals surface area (Å²) in [6.07, 6.45) is -5.79. The van der Waals surface area contributed by atoms with E-state index >= 15 is 0 Å². The smallest absolute Gasteiger partial charge is 0.417 e. The van der Waals surface area contributed by atoms with Crippen molar-refractivity contribution in [3.63, 3.8) is 0 Å². The van der Waals surface area contributed by atoms with Crippen LogP contribution < -0.4 is 5.73 Å². The van der Waals surface area contributed by atoms with E-state index in [1.165, 1.54) is 13.0 Å². The topological polar surface area (TPSA) is 107 Å². The van der Waals surface area contributed by atoms with E-state index in [0.717, 1.165) is 16.4 Å². The van der Waals surface area contributed by atoms with Gasteiger partial charge in [0.2, 0.25) is 10.0 Å². The lowest BCUT2D eigenvalue weighted by Crippen LogP contribution is -2.42. The van der Waals surface area contributed by atoms with Crippen molar-refractivity contribution >= 4 is 21.9 Å². The Morgan fingerprint density at radius 3 is 2.30 bits per heavy atom. The molecule has 1 amide bonds. The molecular formula is C16H19F3N2O5S. The molecule has 1 aromatic rings. The third kappa shape index (κ3) is 4.78. The van der Waals surface area contributed by atoms with Crippen LogP contribution >= 0.6 is 0 Å². The van der Waals surface area contributed by atoms with Gasteiger partial charge in [-0.1, -0.05) is 12.1 Å². The highest BCUT2D eigenvalue weighted by Crippen LogP contribution is 2.36. The predicted octanol–water partition coefficient (Wildman–Crippen LogP) is 1.52. The summed E-state index contributed by atoms with van der Waals surface area (Å²) in [7, 11) is -4.37. The first kappa shape index (κ1) is 21.2. The van der Waals surface area contributed by atoms with Gasteiger partial charge < -0.3 is 10.5 Å². The molecule has 1 fully saturated rings. The van der Waals surface area contributed by atoms with Gasteiger partial charge in [0, 0.05) is 13.1 Å². The monoisotopic (exact) mass is 408 g/mol. The van der Waals surface area contributed by atoms with Gasteiger partial charge in [0.1, 0.15) is 0 Å². The summed E-state index contributed by atoms with van der Waals surface area (Å²) >= 11 is 0. The van der Waals surface area contributed by atoms with Crippen LogP contribution in [-0.4, -0.2) is 43.8 Å². The standard InChI is InChI=1S/C16H19F3N2O5S/c1-10(14(20)22)26-15(23)11-6-8-21(9-7-11)27(24,25)13-5-3-2-4-12(13)16(17,18)19/h2-5,10-11H,6-9H2,1H3,(H2,20,22)/t10-/m1/s1. The summed E-state index contributed by atoms with van der Waals surface area (Å²) in [6, 6.07) is 3.96. The largest absolute Gasteiger partial charge is 0.452 e. The molecule has 27 heavy (non-hydrogen) atoms. The van der Waals surface area contributed by atoms with Crippen LogP contribution in [-0.2, 0) is 30.5 Å². The van der Waals surface area contributed by atoms with Crippen LogP contribution in [0.25, 0.3) is 0 Å². The van der Waals surface area contributed by atoms with E-state index in [2.05, 4.69) is 0 Å². The number of alkyl halides is 3. The molecular weight excluding hydrogens is 389 g/mol. The quantitative estimate of drug-likeness (QED) is 0.744. The lowest BCUT2D eigenvalue weighted by atomic mass is 9.98. The summed E-state index contributed by atoms with van der Waals surface area (Å²) in [5.74, 6) is -2.16. The first-order valence-electron chi connectivity index (χ1n) is 8.10. The van der Waals surface area contributed by atoms with Crippen LogP contribution in [0.1, 0.15) is 25.3 Å². The second-order valence-corrected chi connectivity index (χ2v) is 8.06. The van der Waals surface area contributed by atoms with Crippen molar-refractivity contribution < 1.29 is 35.9 Å². The van der Waals surface area contributed by atoms with Gasteiger partial charge in [0.15, 0.2) is 6.10 Å². The molecule has 0 radical (unpaired) electrons. The molecule has 11 heteroatoms. The van der Waals surface area contributed by atoms with E-state index < -0.39 is 50.6 Å². The van der Waals surface area contributed by atoms with E-state index in [9.17, 15) is 31.2 Å². The van der Waals surface area contributed by atoms with Crippen molar-refractivity contribution in [1.29, 1.82) is 0 Å². The Hall–Kier alpha value is -2.14. The number of rotatable bonds is 5. The van der Waals surface area contributed by atoms with Crippen LogP contribution in [0.5, 0.6) is 0 Å². The van der Waals surface area contributed by atoms with Gasteiger partial charge in [-0.05, 0) is 31.9 Å². The average Bonchev–Trinajstić information content (AvgIpc) is 2.61. The average molecular weight is 408 g/mol. The Morgan fingerprint density at radius 2 is 1.78 bits per heavy atom. The number of benzene rings is 1. The van der Waals surface area contributed by atoms with Gasteiger partial charge >= 0.3 is 12.1 Å². The van der Waals surface area contributed by atoms with Crippen LogP contribution in [0.2, 0.25) is 0 Å². The molecule has 1 atom stereocenters. The summed E-state index contributed by atoms with van der Waals surface area (Å²) in [5, 5.41) is 0. The minimum atomic E-state index is -4.81. The molecule has 1 heterocycles. The molecule has 0 aliphatic carbocycles. The molecule has 2 N–H and O–H groups in total. The van der Waals surface area contributed by atoms with Crippen molar-refractivity contribution in [3.05, 3.63) is 29.8 Å². The van der Waals surface area contributed by atoms with Crippen LogP contribution in [0.15, 0.2) is 29.2 Å². The van der Waals surface area contributed by atoms with Crippen LogP contribution in [0.4, 0.5) is 13.2 Å². The number of hydrogen-bond acceptors (Lipinski definition) is 5. The number of carbonyl (C=O) groups is 2. The number of hydrogen-bond donors (Lipinski definition) is 1. The first-order chi connectivity index (χ1) is 12.4. The Balaban J connectivity index is 2.12. The van der Waals surface area contributed by atoms with Crippen LogP contribution in [0, 0.1) is 5.92 Å². The second kappa shape index (κ2) is 7.85. The number of esters is 1. The van der Waals surface area contributed by atoms with Crippen molar-refractivity contribution in [1.82, 2.24) is 4.31 Å². The Labute approximate surface area is 154 Å². The van der Waals surface area contributed by atoms with E-state index in [1.807, 2.05) is 0 Å². The minimum Gasteiger partial charge on any atom is -0.452 e. The molecule has 0 bridgehead atoms. The Bertz CT molecular complexity index is 818. The fraction of sp³-hybridized carbons (Fsp3) is 0.500. The molecule has 7 nitrogen and oxygen atoms in total. The maximum atomic E-state index is 13.1. The summed E-state index contributed by atoms with van der Waals surface area (Å²) < 4.78 is 70.5. The van der Waals surface area contributed by atoms with Gasteiger partial charge in [-0.25, -0.2) is 8.42 Å². The molecule has 1 aliphatic heterocycles. The molecule has 1 saturated heterocycles. The molecule has 0 spiro atoms. The number of carbonyl (C=O) groups excluding carboxylic acids is 2. The number of amides is 1. The number of halogens is 3. The lowest BCUT2D eigenvalue weighted by molar-refractivity contribution is -0.159. The molecule has 1 aromatic carbocycles. The van der Waals surface area contributed by atoms with E-state index in [1.54, 1.807) is 0 Å². The van der Waals surface area contributed by atoms with Gasteiger partial charge in [-0.2, -0.15) is 17.5 Å². The molecule has 0 saturated carbocycles. The fourth-order valence-corrected chi connectivity index (χ4v) is 4.41. The normalized spacial score (nSPS) is 18.1. The minimum absolute atomic E-state index is 0.0672. The predicted molar refractivity (Wildman–Crippen MR) is 87.7 cm³/mol. The zero-order valence-corrected chi connectivity index (χ0v) is 15.2. The summed E-state index contributed by atoms with van der Waals surface area (Å²) in [5.41, 5.74) is 3.78. The molecule has 0 aromatic heterocycles. The van der Waals surface area contributed by atoms with Crippen molar-refractivity contribution in [2.45, 2.75) is 36.9 Å². The number of primary amides is 1. The van der Waals surface area contributed by atoms with Gasteiger partial charge in [-0.3, -0.25) is 9.59 Å². The van der Waals surface area contributed by atoms with Gasteiger partial charge in [0.05, 0.1) is 16.4 Å². The Morgan fingerprint density at radius 1 is 1.22 bits per heavy atom. The number of sulfonamides is 1. The zero-order chi connectivity index (χ0) is 20.4. The zero-order valence-electron chi connectivity index (χ0n) is 14.4. The molecule has 2 rings (SSSR count). The summed E-state index contributed by atoms with van der Waals surface area (Å²) in [6.45, 7) is 1.03. The number of ether oxygens (including phenoxy) is 1. The highest BCUT2D eigenvalue weighted by atomic mass is 32.2. The number of piperidine rings is 1. The summed E-state index contributed by atoms with van der Waals surface area (Å²) in [4.78, 5) is 22.1. The lowest BCUT2D eigenvalue weighted by Gasteiger charge is -2.31. The molecule has 1 aliphatic rings. The fourth-order valence-electron chi connectivity index (χ4n) is 2.73. The molecule has 150 valence electrons. The second-order valence-electron chi connectivity index (χ2n) is 6.15. The third-order valence-electron chi connectivity index (χ3n) is 4.29. The molecule has 0 unspecified atom stereocenters. The van der Waals surface area contributed by atoms with Crippen molar-refractivity contribution in [3.8, 4) is 0 Å². The SMILES string of the molecule is C[C@@H](OC(=O)C1CCN(S(=O)(=O)c2ccccc2C(F)(F)F)CC1)C(N)=O. The number of nitrogens with zero attached hydrogens (tertiary/aromatic N) is 1. The maximum Gasteiger partial charge on any atom is 0.417 e. The highest BCUT2D eigenvalue weighted by Gasteiger charge is 2.40. The Kier molecular flexibility index (Phi) is 6.15. The van der Waals surface area contributed by atoms with Crippen molar-refractivity contribution in [2.75, 3.05) is 13.1 Å². The first-order valence-corrected chi connectivity index (χ1v) is 9.54. The highest BCUT2D eigenvalue weighted by molar-refractivity contribution is 7.89. The van der Waals surface area contributed by atoms with Crippen LogP contribution in [0.3, 0.4) is 0 Å². The van der Waals surface area contributed by atoms with E-state index in [-0.39, 0.29) is 25.9 Å². The van der Waals surface area contributed by atoms with E-state index in [0.29, 0.717) is 6.07 Å². The third-order valence-corrected chi connectivity index (χ3v) is 6.25. The van der Waals surface area contributed by atoms with Crippen molar-refractivity contribution in [2.24, 2.45) is 11.7 Å².